The lowest BCUT2D eigenvalue weighted by Gasteiger charge is -2.33. The van der Waals surface area contributed by atoms with Crippen molar-refractivity contribution in [2.75, 3.05) is 6.54 Å². The second-order valence-electron chi connectivity index (χ2n) is 5.87. The molecule has 0 atom stereocenters. The number of rotatable bonds is 4. The molecule has 1 saturated carbocycles. The van der Waals surface area contributed by atoms with E-state index >= 15 is 0 Å². The van der Waals surface area contributed by atoms with E-state index in [0.29, 0.717) is 12.8 Å². The van der Waals surface area contributed by atoms with E-state index < -0.39 is 34.6 Å². The van der Waals surface area contributed by atoms with Crippen LogP contribution in [0.2, 0.25) is 0 Å². The number of aliphatic carboxylic acids is 1. The van der Waals surface area contributed by atoms with Crippen LogP contribution in [-0.4, -0.2) is 23.5 Å². The summed E-state index contributed by atoms with van der Waals surface area (Å²) in [4.78, 5) is 23.6. The summed E-state index contributed by atoms with van der Waals surface area (Å²) < 4.78 is 38.8. The summed E-state index contributed by atoms with van der Waals surface area (Å²) in [6.07, 6.45) is -1.39. The number of hydrogen-bond donors (Lipinski definition) is 2. The van der Waals surface area contributed by atoms with Crippen molar-refractivity contribution in [3.8, 4) is 0 Å². The highest BCUT2D eigenvalue weighted by Crippen LogP contribution is 2.36. The second-order valence-corrected chi connectivity index (χ2v) is 5.87. The number of carbonyl (C=O) groups is 2. The van der Waals surface area contributed by atoms with Crippen LogP contribution in [0.4, 0.5) is 13.2 Å². The Labute approximate surface area is 131 Å². The van der Waals surface area contributed by atoms with E-state index in [9.17, 15) is 27.9 Å². The Morgan fingerprint density at radius 3 is 2.30 bits per heavy atom. The van der Waals surface area contributed by atoms with Gasteiger partial charge >= 0.3 is 12.1 Å². The fourth-order valence-electron chi connectivity index (χ4n) is 2.97. The van der Waals surface area contributed by atoms with Gasteiger partial charge in [-0.3, -0.25) is 9.59 Å². The van der Waals surface area contributed by atoms with Gasteiger partial charge in [0.15, 0.2) is 0 Å². The van der Waals surface area contributed by atoms with Gasteiger partial charge in [-0.2, -0.15) is 13.2 Å². The summed E-state index contributed by atoms with van der Waals surface area (Å²) in [5, 5.41) is 11.8. The maximum atomic E-state index is 12.9. The maximum Gasteiger partial charge on any atom is 0.417 e. The summed E-state index contributed by atoms with van der Waals surface area (Å²) in [5.74, 6) is -1.91. The summed E-state index contributed by atoms with van der Waals surface area (Å²) >= 11 is 0. The largest absolute Gasteiger partial charge is 0.481 e. The number of amides is 1. The number of carboxylic acid groups (broad SMARTS) is 1. The summed E-state index contributed by atoms with van der Waals surface area (Å²) in [6.45, 7) is -0.159. The fourth-order valence-corrected chi connectivity index (χ4v) is 2.97. The van der Waals surface area contributed by atoms with Crippen molar-refractivity contribution in [3.63, 3.8) is 0 Å². The molecule has 0 radical (unpaired) electrons. The first-order chi connectivity index (χ1) is 10.8. The molecule has 126 valence electrons. The lowest BCUT2D eigenvalue weighted by Crippen LogP contribution is -2.44. The molecule has 0 aliphatic heterocycles. The van der Waals surface area contributed by atoms with Gasteiger partial charge in [0.05, 0.1) is 16.5 Å². The number of hydrogen-bond acceptors (Lipinski definition) is 2. The monoisotopic (exact) mass is 329 g/mol. The predicted molar refractivity (Wildman–Crippen MR) is 76.9 cm³/mol. The standard InChI is InChI=1S/C16H18F3NO3/c17-16(18,19)12-7-3-2-6-11(12)13(21)20-10-15(14(22)23)8-4-1-5-9-15/h2-3,6-7H,1,4-5,8-10H2,(H,20,21)(H,22,23). The van der Waals surface area contributed by atoms with Crippen molar-refractivity contribution in [1.82, 2.24) is 5.32 Å². The molecule has 1 aliphatic carbocycles. The lowest BCUT2D eigenvalue weighted by molar-refractivity contribution is -0.150. The Kier molecular flexibility index (Phi) is 4.97. The number of carboxylic acids is 1. The molecule has 1 fully saturated rings. The molecule has 0 heterocycles. The summed E-state index contributed by atoms with van der Waals surface area (Å²) in [5.41, 5.74) is -2.59. The van der Waals surface area contributed by atoms with Crippen LogP contribution in [0.5, 0.6) is 0 Å². The van der Waals surface area contributed by atoms with E-state index in [1.165, 1.54) is 12.1 Å². The molecule has 1 aliphatic rings. The van der Waals surface area contributed by atoms with Crippen molar-refractivity contribution in [2.45, 2.75) is 38.3 Å². The fraction of sp³-hybridized carbons (Fsp3) is 0.500. The molecular formula is C16H18F3NO3. The Balaban J connectivity index is 2.15. The first kappa shape index (κ1) is 17.3. The van der Waals surface area contributed by atoms with E-state index in [1.54, 1.807) is 0 Å². The van der Waals surface area contributed by atoms with Gasteiger partial charge in [0.2, 0.25) is 0 Å². The number of alkyl halides is 3. The second kappa shape index (κ2) is 6.60. The Morgan fingerprint density at radius 2 is 1.74 bits per heavy atom. The highest BCUT2D eigenvalue weighted by Gasteiger charge is 2.40. The Bertz CT molecular complexity index is 592. The highest BCUT2D eigenvalue weighted by molar-refractivity contribution is 5.96. The Morgan fingerprint density at radius 1 is 1.13 bits per heavy atom. The maximum absolute atomic E-state index is 12.9. The van der Waals surface area contributed by atoms with Crippen molar-refractivity contribution < 1.29 is 27.9 Å². The summed E-state index contributed by atoms with van der Waals surface area (Å²) in [7, 11) is 0. The van der Waals surface area contributed by atoms with Crippen LogP contribution in [0.1, 0.15) is 48.0 Å². The minimum absolute atomic E-state index is 0.159. The van der Waals surface area contributed by atoms with E-state index in [4.69, 9.17) is 0 Å². The third-order valence-electron chi connectivity index (χ3n) is 4.33. The first-order valence-corrected chi connectivity index (χ1v) is 7.44. The number of halogens is 3. The average molecular weight is 329 g/mol. The van der Waals surface area contributed by atoms with Gasteiger partial charge in [-0.25, -0.2) is 0 Å². The van der Waals surface area contributed by atoms with Crippen LogP contribution >= 0.6 is 0 Å². The van der Waals surface area contributed by atoms with Crippen LogP contribution in [-0.2, 0) is 11.0 Å². The average Bonchev–Trinajstić information content (AvgIpc) is 2.52. The molecule has 0 bridgehead atoms. The third-order valence-corrected chi connectivity index (χ3v) is 4.33. The van der Waals surface area contributed by atoms with E-state index in [2.05, 4.69) is 5.32 Å². The van der Waals surface area contributed by atoms with E-state index in [1.807, 2.05) is 0 Å². The van der Waals surface area contributed by atoms with Crippen LogP contribution in [0.15, 0.2) is 24.3 Å². The van der Waals surface area contributed by atoms with Crippen molar-refractivity contribution in [1.29, 1.82) is 0 Å². The molecule has 2 rings (SSSR count). The number of carbonyl (C=O) groups excluding carboxylic acids is 1. The minimum atomic E-state index is -4.64. The molecule has 0 saturated heterocycles. The molecule has 2 N–H and O–H groups in total. The topological polar surface area (TPSA) is 66.4 Å². The predicted octanol–water partition coefficient (Wildman–Crippen LogP) is 3.47. The van der Waals surface area contributed by atoms with Crippen LogP contribution in [0.25, 0.3) is 0 Å². The SMILES string of the molecule is O=C(NCC1(C(=O)O)CCCCC1)c1ccccc1C(F)(F)F. The lowest BCUT2D eigenvalue weighted by atomic mass is 9.74. The van der Waals surface area contributed by atoms with E-state index in [-0.39, 0.29) is 6.54 Å². The van der Waals surface area contributed by atoms with Crippen LogP contribution in [0, 0.1) is 5.41 Å². The minimum Gasteiger partial charge on any atom is -0.481 e. The van der Waals surface area contributed by atoms with Crippen LogP contribution in [0.3, 0.4) is 0 Å². The van der Waals surface area contributed by atoms with Crippen LogP contribution < -0.4 is 5.32 Å². The first-order valence-electron chi connectivity index (χ1n) is 7.44. The van der Waals surface area contributed by atoms with Crippen molar-refractivity contribution in [3.05, 3.63) is 35.4 Å². The van der Waals surface area contributed by atoms with Crippen molar-refractivity contribution in [2.24, 2.45) is 5.41 Å². The normalized spacial score (nSPS) is 17.5. The molecule has 23 heavy (non-hydrogen) atoms. The van der Waals surface area contributed by atoms with Gasteiger partial charge in [-0.15, -0.1) is 0 Å². The molecular weight excluding hydrogens is 311 g/mol. The van der Waals surface area contributed by atoms with Gasteiger partial charge in [0.25, 0.3) is 5.91 Å². The zero-order valence-corrected chi connectivity index (χ0v) is 12.4. The zero-order chi connectivity index (χ0) is 17.1. The van der Waals surface area contributed by atoms with E-state index in [0.717, 1.165) is 31.4 Å². The quantitative estimate of drug-likeness (QED) is 0.889. The summed E-state index contributed by atoms with van der Waals surface area (Å²) in [6, 6.07) is 4.48. The zero-order valence-electron chi connectivity index (χ0n) is 12.4. The molecule has 1 amide bonds. The smallest absolute Gasteiger partial charge is 0.417 e. The molecule has 7 heteroatoms. The van der Waals surface area contributed by atoms with Crippen molar-refractivity contribution >= 4 is 11.9 Å². The van der Waals surface area contributed by atoms with Gasteiger partial charge in [0.1, 0.15) is 0 Å². The number of benzene rings is 1. The highest BCUT2D eigenvalue weighted by atomic mass is 19.4. The molecule has 0 aromatic heterocycles. The molecule has 4 nitrogen and oxygen atoms in total. The molecule has 1 aromatic carbocycles. The molecule has 0 unspecified atom stereocenters. The molecule has 1 aromatic rings. The van der Waals surface area contributed by atoms with Gasteiger partial charge in [-0.1, -0.05) is 31.4 Å². The van der Waals surface area contributed by atoms with Gasteiger partial charge < -0.3 is 10.4 Å². The molecule has 0 spiro atoms. The Hall–Kier alpha value is -2.05. The van der Waals surface area contributed by atoms with Gasteiger partial charge in [0, 0.05) is 6.54 Å². The van der Waals surface area contributed by atoms with Gasteiger partial charge in [-0.05, 0) is 25.0 Å². The third kappa shape index (κ3) is 3.83. The number of nitrogens with one attached hydrogen (secondary N) is 1.